The SMILES string of the molecule is CCCCCCCCCCCCCCCC(C)[SiH](OC(C)=O)OC(C)=O. The van der Waals surface area contributed by atoms with Gasteiger partial charge in [-0.25, -0.2) is 0 Å². The first-order chi connectivity index (χ1) is 12.5. The van der Waals surface area contributed by atoms with E-state index in [2.05, 4.69) is 6.92 Å². The van der Waals surface area contributed by atoms with E-state index in [1.165, 1.54) is 90.9 Å². The van der Waals surface area contributed by atoms with Crippen molar-refractivity contribution in [2.45, 2.75) is 123 Å². The van der Waals surface area contributed by atoms with Gasteiger partial charge in [-0.05, 0) is 6.42 Å². The first-order valence-electron chi connectivity index (χ1n) is 10.8. The highest BCUT2D eigenvalue weighted by molar-refractivity contribution is 6.50. The molecule has 0 aliphatic rings. The maximum absolute atomic E-state index is 11.2. The summed E-state index contributed by atoms with van der Waals surface area (Å²) >= 11 is 0. The van der Waals surface area contributed by atoms with Crippen LogP contribution in [-0.2, 0) is 18.4 Å². The zero-order valence-corrected chi connectivity index (χ0v) is 18.8. The third-order valence-corrected chi connectivity index (χ3v) is 7.18. The smallest absolute Gasteiger partial charge is 0.450 e. The fourth-order valence-electron chi connectivity index (χ4n) is 3.20. The van der Waals surface area contributed by atoms with Crippen LogP contribution in [0.2, 0.25) is 5.54 Å². The molecule has 0 radical (unpaired) electrons. The van der Waals surface area contributed by atoms with Crippen molar-refractivity contribution in [1.82, 2.24) is 0 Å². The van der Waals surface area contributed by atoms with Gasteiger partial charge >= 0.3 is 9.28 Å². The molecule has 0 saturated heterocycles. The zero-order chi connectivity index (χ0) is 19.6. The number of hydrogen-bond acceptors (Lipinski definition) is 4. The molecule has 0 heterocycles. The number of carbonyl (C=O) groups excluding carboxylic acids is 2. The Hall–Kier alpha value is -0.843. The van der Waals surface area contributed by atoms with Gasteiger partial charge in [-0.1, -0.05) is 97.3 Å². The lowest BCUT2D eigenvalue weighted by Crippen LogP contribution is -2.31. The van der Waals surface area contributed by atoms with Crippen LogP contribution in [0, 0.1) is 0 Å². The van der Waals surface area contributed by atoms with Crippen molar-refractivity contribution >= 4 is 21.2 Å². The van der Waals surface area contributed by atoms with Gasteiger partial charge in [-0.2, -0.15) is 0 Å². The molecule has 0 spiro atoms. The second kappa shape index (κ2) is 17.6. The second-order valence-electron chi connectivity index (χ2n) is 7.60. The molecule has 0 aromatic rings. The Morgan fingerprint density at radius 1 is 0.692 bits per heavy atom. The van der Waals surface area contributed by atoms with Crippen LogP contribution in [0.5, 0.6) is 0 Å². The van der Waals surface area contributed by atoms with Gasteiger partial charge in [0.05, 0.1) is 0 Å². The van der Waals surface area contributed by atoms with E-state index < -0.39 is 9.28 Å². The van der Waals surface area contributed by atoms with E-state index in [4.69, 9.17) is 8.85 Å². The van der Waals surface area contributed by atoms with Crippen LogP contribution in [0.4, 0.5) is 0 Å². The van der Waals surface area contributed by atoms with E-state index in [-0.39, 0.29) is 17.5 Å². The summed E-state index contributed by atoms with van der Waals surface area (Å²) in [5.74, 6) is -0.694. The summed E-state index contributed by atoms with van der Waals surface area (Å²) in [6, 6.07) is 0. The van der Waals surface area contributed by atoms with Gasteiger partial charge in [0, 0.05) is 19.4 Å². The van der Waals surface area contributed by atoms with Crippen LogP contribution in [0.25, 0.3) is 0 Å². The molecule has 154 valence electrons. The Balaban J connectivity index is 3.54. The Bertz CT molecular complexity index is 344. The molecule has 0 rings (SSSR count). The summed E-state index contributed by atoms with van der Waals surface area (Å²) in [6.45, 7) is 7.05. The lowest BCUT2D eigenvalue weighted by atomic mass is 10.0. The molecule has 1 unspecified atom stereocenters. The van der Waals surface area contributed by atoms with Crippen molar-refractivity contribution in [1.29, 1.82) is 0 Å². The molecule has 0 aliphatic carbocycles. The Morgan fingerprint density at radius 2 is 1.04 bits per heavy atom. The lowest BCUT2D eigenvalue weighted by Gasteiger charge is -2.20. The van der Waals surface area contributed by atoms with E-state index in [0.29, 0.717) is 0 Å². The fourth-order valence-corrected chi connectivity index (χ4v) is 4.88. The maximum Gasteiger partial charge on any atom is 0.450 e. The number of unbranched alkanes of at least 4 members (excludes halogenated alkanes) is 12. The summed E-state index contributed by atoms with van der Waals surface area (Å²) in [5.41, 5.74) is 0.176. The largest absolute Gasteiger partial charge is 0.487 e. The first-order valence-corrected chi connectivity index (χ1v) is 12.4. The molecule has 0 bridgehead atoms. The minimum Gasteiger partial charge on any atom is -0.487 e. The molecule has 0 aromatic carbocycles. The third kappa shape index (κ3) is 16.6. The van der Waals surface area contributed by atoms with Gasteiger partial charge in [0.2, 0.25) is 0 Å². The van der Waals surface area contributed by atoms with E-state index in [0.717, 1.165) is 12.8 Å². The van der Waals surface area contributed by atoms with Crippen LogP contribution in [0.3, 0.4) is 0 Å². The maximum atomic E-state index is 11.2. The summed E-state index contributed by atoms with van der Waals surface area (Å²) in [7, 11) is -2.23. The highest BCUT2D eigenvalue weighted by atomic mass is 28.3. The van der Waals surface area contributed by atoms with Gasteiger partial charge in [0.1, 0.15) is 0 Å². The third-order valence-electron chi connectivity index (χ3n) is 4.79. The highest BCUT2D eigenvalue weighted by Gasteiger charge is 2.27. The molecular formula is C21H42O4Si. The highest BCUT2D eigenvalue weighted by Crippen LogP contribution is 2.21. The minimum absolute atomic E-state index is 0.176. The fraction of sp³-hybridized carbons (Fsp3) is 0.905. The molecule has 1 atom stereocenters. The van der Waals surface area contributed by atoms with E-state index in [1.807, 2.05) is 6.92 Å². The van der Waals surface area contributed by atoms with Gasteiger partial charge in [0.25, 0.3) is 11.9 Å². The molecule has 0 aromatic heterocycles. The standard InChI is InChI=1S/C21H42O4Si/c1-5-6-7-8-9-10-11-12-13-14-15-16-17-18-19(2)26(24-20(3)22)25-21(4)23/h19,26H,5-18H2,1-4H3. The van der Waals surface area contributed by atoms with Crippen molar-refractivity contribution in [3.8, 4) is 0 Å². The molecule has 0 N–H and O–H groups in total. The van der Waals surface area contributed by atoms with Crippen molar-refractivity contribution in [3.05, 3.63) is 0 Å². The van der Waals surface area contributed by atoms with Gasteiger partial charge in [0.15, 0.2) is 0 Å². The number of carbonyl (C=O) groups is 2. The number of rotatable bonds is 17. The molecule has 0 saturated carbocycles. The first kappa shape index (κ1) is 25.2. The van der Waals surface area contributed by atoms with Crippen LogP contribution in [-0.4, -0.2) is 21.2 Å². The van der Waals surface area contributed by atoms with Gasteiger partial charge in [-0.15, -0.1) is 0 Å². The Morgan fingerprint density at radius 3 is 1.38 bits per heavy atom. The summed E-state index contributed by atoms with van der Waals surface area (Å²) in [4.78, 5) is 22.3. The predicted octanol–water partition coefficient (Wildman–Crippen LogP) is 6.20. The van der Waals surface area contributed by atoms with Crippen LogP contribution in [0.15, 0.2) is 0 Å². The Kier molecular flexibility index (Phi) is 17.0. The number of hydrogen-bond donors (Lipinski definition) is 0. The minimum atomic E-state index is -2.23. The van der Waals surface area contributed by atoms with Gasteiger partial charge < -0.3 is 8.85 Å². The quantitative estimate of drug-likeness (QED) is 0.220. The van der Waals surface area contributed by atoms with E-state index >= 15 is 0 Å². The molecule has 4 nitrogen and oxygen atoms in total. The zero-order valence-electron chi connectivity index (χ0n) is 17.7. The van der Waals surface area contributed by atoms with Crippen molar-refractivity contribution in [3.63, 3.8) is 0 Å². The van der Waals surface area contributed by atoms with Crippen LogP contribution in [0.1, 0.15) is 118 Å². The molecule has 0 aliphatic heterocycles. The van der Waals surface area contributed by atoms with Crippen LogP contribution >= 0.6 is 0 Å². The van der Waals surface area contributed by atoms with Crippen LogP contribution < -0.4 is 0 Å². The molecule has 26 heavy (non-hydrogen) atoms. The Labute approximate surface area is 163 Å². The molecular weight excluding hydrogens is 344 g/mol. The predicted molar refractivity (Wildman–Crippen MR) is 110 cm³/mol. The lowest BCUT2D eigenvalue weighted by molar-refractivity contribution is -0.137. The average Bonchev–Trinajstić information content (AvgIpc) is 2.57. The van der Waals surface area contributed by atoms with Gasteiger partial charge in [-0.3, -0.25) is 9.59 Å². The molecule has 5 heteroatoms. The van der Waals surface area contributed by atoms with Crippen molar-refractivity contribution < 1.29 is 18.4 Å². The van der Waals surface area contributed by atoms with E-state index in [9.17, 15) is 9.59 Å². The summed E-state index contributed by atoms with van der Waals surface area (Å²) < 4.78 is 10.5. The average molecular weight is 387 g/mol. The second-order valence-corrected chi connectivity index (χ2v) is 9.94. The summed E-state index contributed by atoms with van der Waals surface area (Å²) in [5, 5.41) is 0. The molecule has 0 amide bonds. The normalized spacial score (nSPS) is 12.2. The van der Waals surface area contributed by atoms with Crippen molar-refractivity contribution in [2.75, 3.05) is 0 Å². The summed E-state index contributed by atoms with van der Waals surface area (Å²) in [6.07, 6.45) is 18.4. The van der Waals surface area contributed by atoms with Crippen molar-refractivity contribution in [2.24, 2.45) is 0 Å². The van der Waals surface area contributed by atoms with E-state index in [1.54, 1.807) is 0 Å². The molecule has 0 fully saturated rings. The monoisotopic (exact) mass is 386 g/mol. The topological polar surface area (TPSA) is 52.6 Å².